The van der Waals surface area contributed by atoms with Gasteiger partial charge in [0.05, 0.1) is 28.0 Å². The average Bonchev–Trinajstić information content (AvgIpc) is 3.17. The first-order valence-electron chi connectivity index (χ1n) is 12.1. The Hall–Kier alpha value is -4.91. The van der Waals surface area contributed by atoms with Crippen LogP contribution in [0.25, 0.3) is 10.9 Å². The summed E-state index contributed by atoms with van der Waals surface area (Å²) in [5.74, 6) is -1.59. The number of anilines is 2. The van der Waals surface area contributed by atoms with Crippen molar-refractivity contribution in [3.63, 3.8) is 0 Å². The molecule has 0 aliphatic carbocycles. The molecule has 4 aromatic rings. The molecular weight excluding hydrogens is 548 g/mol. The maximum Gasteiger partial charge on any atom is 0.461 e. The Morgan fingerprint density at radius 3 is 2.17 bits per heavy atom. The number of nitrogens with zero attached hydrogens (tertiary/aromatic N) is 2. The van der Waals surface area contributed by atoms with Crippen molar-refractivity contribution in [1.29, 1.82) is 0 Å². The average molecular weight is 573 g/mol. The minimum atomic E-state index is -4.54. The van der Waals surface area contributed by atoms with Crippen LogP contribution in [0.5, 0.6) is 0 Å². The lowest BCUT2D eigenvalue weighted by atomic mass is 10.1. The first-order valence-corrected chi connectivity index (χ1v) is 12.1. The zero-order valence-corrected chi connectivity index (χ0v) is 22.0. The fraction of sp³-hybridized carbons (Fsp3) is 0.179. The maximum atomic E-state index is 14.1. The van der Waals surface area contributed by atoms with Gasteiger partial charge in [0, 0.05) is 17.6 Å². The van der Waals surface area contributed by atoms with Crippen LogP contribution in [0.1, 0.15) is 27.2 Å². The largest absolute Gasteiger partial charge is 0.461 e. The number of hydrogen-bond donors (Lipinski definition) is 2. The Morgan fingerprint density at radius 1 is 0.902 bits per heavy atom. The number of halogens is 4. The molecule has 214 valence electrons. The number of nitrogens with one attached hydrogen (secondary N) is 2. The molecule has 0 spiro atoms. The van der Waals surface area contributed by atoms with E-state index in [4.69, 9.17) is 9.78 Å². The smallest absolute Gasteiger partial charge is 0.308 e. The van der Waals surface area contributed by atoms with Crippen molar-refractivity contribution in [2.75, 3.05) is 24.7 Å². The first-order chi connectivity index (χ1) is 19.3. The number of rotatable bonds is 5. The van der Waals surface area contributed by atoms with Crippen molar-refractivity contribution in [2.45, 2.75) is 19.6 Å². The van der Waals surface area contributed by atoms with Gasteiger partial charge in [-0.2, -0.15) is 13.2 Å². The Bertz CT molecular complexity index is 1600. The molecular formula is C28H24F4N4O5. The predicted octanol–water partition coefficient (Wildman–Crippen LogP) is 6.57. The van der Waals surface area contributed by atoms with Gasteiger partial charge in [0.2, 0.25) is 0 Å². The molecule has 13 heteroatoms. The van der Waals surface area contributed by atoms with Crippen molar-refractivity contribution < 1.29 is 41.7 Å². The fourth-order valence-corrected chi connectivity index (χ4v) is 4.07. The molecule has 0 unspecified atom stereocenters. The molecule has 2 N–H and O–H groups in total. The van der Waals surface area contributed by atoms with Crippen LogP contribution >= 0.6 is 0 Å². The third-order valence-electron chi connectivity index (χ3n) is 5.93. The number of alkyl halides is 3. The number of carbonyl (C=O) groups excluding carboxylic acids is 3. The maximum absolute atomic E-state index is 14.1. The van der Waals surface area contributed by atoms with Gasteiger partial charge in [-0.3, -0.25) is 0 Å². The van der Waals surface area contributed by atoms with Crippen LogP contribution in [0.15, 0.2) is 66.7 Å². The molecule has 0 bridgehead atoms. The number of benzene rings is 3. The molecule has 0 aliphatic heterocycles. The highest BCUT2D eigenvalue weighted by molar-refractivity contribution is 6.09. The summed E-state index contributed by atoms with van der Waals surface area (Å²) in [6.45, 7) is 2.09. The molecule has 9 nitrogen and oxygen atoms in total. The molecule has 1 heterocycles. The van der Waals surface area contributed by atoms with E-state index in [1.54, 1.807) is 12.1 Å². The zero-order chi connectivity index (χ0) is 29.9. The van der Waals surface area contributed by atoms with Gasteiger partial charge in [0.15, 0.2) is 0 Å². The van der Waals surface area contributed by atoms with E-state index in [9.17, 15) is 31.9 Å². The van der Waals surface area contributed by atoms with Crippen LogP contribution in [-0.4, -0.2) is 41.7 Å². The van der Waals surface area contributed by atoms with Crippen molar-refractivity contribution in [1.82, 2.24) is 9.47 Å². The SMILES string of the molecule is Cc1c(NC(=O)Nc2ccc(C(F)(F)F)cc2)c2cc(F)ccc2n1C(=O)OOC(=O)c1ccc(CN(C)C)cc1. The summed E-state index contributed by atoms with van der Waals surface area (Å²) in [5, 5.41) is 4.97. The second-order valence-corrected chi connectivity index (χ2v) is 9.27. The highest BCUT2D eigenvalue weighted by atomic mass is 19.4. The monoisotopic (exact) mass is 572 g/mol. The van der Waals surface area contributed by atoms with Gasteiger partial charge >= 0.3 is 24.3 Å². The van der Waals surface area contributed by atoms with Crippen LogP contribution in [0.3, 0.4) is 0 Å². The van der Waals surface area contributed by atoms with Crippen molar-refractivity contribution in [3.8, 4) is 0 Å². The summed E-state index contributed by atoms with van der Waals surface area (Å²) in [4.78, 5) is 49.4. The summed E-state index contributed by atoms with van der Waals surface area (Å²) in [7, 11) is 3.80. The van der Waals surface area contributed by atoms with Gasteiger partial charge in [-0.1, -0.05) is 12.1 Å². The van der Waals surface area contributed by atoms with Crippen LogP contribution < -0.4 is 10.6 Å². The molecule has 3 aromatic carbocycles. The molecule has 0 atom stereocenters. The summed E-state index contributed by atoms with van der Waals surface area (Å²) in [6, 6.07) is 12.8. The van der Waals surface area contributed by atoms with Crippen LogP contribution in [0, 0.1) is 12.7 Å². The van der Waals surface area contributed by atoms with Gasteiger partial charge in [0.25, 0.3) is 0 Å². The Labute approximate surface area is 231 Å². The minimum absolute atomic E-state index is 0.0173. The lowest BCUT2D eigenvalue weighted by Crippen LogP contribution is -2.21. The van der Waals surface area contributed by atoms with Crippen molar-refractivity contribution in [3.05, 3.63) is 94.9 Å². The molecule has 0 aliphatic rings. The van der Waals surface area contributed by atoms with E-state index in [0.29, 0.717) is 6.54 Å². The van der Waals surface area contributed by atoms with E-state index >= 15 is 0 Å². The van der Waals surface area contributed by atoms with E-state index in [0.717, 1.165) is 46.5 Å². The van der Waals surface area contributed by atoms with Gasteiger partial charge in [-0.15, -0.1) is 0 Å². The number of urea groups is 1. The summed E-state index contributed by atoms with van der Waals surface area (Å²) >= 11 is 0. The lowest BCUT2D eigenvalue weighted by Gasteiger charge is -2.11. The topological polar surface area (TPSA) is 102 Å². The highest BCUT2D eigenvalue weighted by Gasteiger charge is 2.30. The Balaban J connectivity index is 1.50. The normalized spacial score (nSPS) is 11.4. The second-order valence-electron chi connectivity index (χ2n) is 9.27. The summed E-state index contributed by atoms with van der Waals surface area (Å²) in [6.07, 6.45) is -5.68. The van der Waals surface area contributed by atoms with Gasteiger partial charge < -0.3 is 15.5 Å². The van der Waals surface area contributed by atoms with E-state index < -0.39 is 35.7 Å². The Kier molecular flexibility index (Phi) is 8.28. The predicted molar refractivity (Wildman–Crippen MR) is 142 cm³/mol. The quantitative estimate of drug-likeness (QED) is 0.159. The number of aromatic nitrogens is 1. The van der Waals surface area contributed by atoms with E-state index in [-0.39, 0.29) is 33.5 Å². The highest BCUT2D eigenvalue weighted by Crippen LogP contribution is 2.32. The number of fused-ring (bicyclic) bond motifs is 1. The van der Waals surface area contributed by atoms with Gasteiger partial charge in [0.1, 0.15) is 5.82 Å². The van der Waals surface area contributed by atoms with Crippen LogP contribution in [0.4, 0.5) is 38.5 Å². The van der Waals surface area contributed by atoms with E-state index in [1.165, 1.54) is 25.1 Å². The summed E-state index contributed by atoms with van der Waals surface area (Å²) in [5.41, 5.74) is 0.502. The second kappa shape index (κ2) is 11.7. The third kappa shape index (κ3) is 6.81. The first kappa shape index (κ1) is 29.1. The van der Waals surface area contributed by atoms with Gasteiger partial charge in [-0.25, -0.2) is 33.1 Å². The molecule has 2 amide bonds. The number of hydrogen-bond acceptors (Lipinski definition) is 6. The number of amides is 2. The minimum Gasteiger partial charge on any atom is -0.308 e. The zero-order valence-electron chi connectivity index (χ0n) is 22.0. The fourth-order valence-electron chi connectivity index (χ4n) is 4.07. The standard InChI is InChI=1S/C28H24F4N4O5/c1-16-24(34-26(38)33-21-11-8-19(9-12-21)28(30,31)32)22-14-20(29)10-13-23(22)36(16)27(39)41-40-25(37)18-6-4-17(5-7-18)15-35(2)3/h4-14H,15H2,1-3H3,(H2,33,34,38). The van der Waals surface area contributed by atoms with Crippen molar-refractivity contribution in [2.24, 2.45) is 0 Å². The Morgan fingerprint density at radius 2 is 1.56 bits per heavy atom. The molecule has 4 rings (SSSR count). The molecule has 41 heavy (non-hydrogen) atoms. The van der Waals surface area contributed by atoms with Gasteiger partial charge in [-0.05, 0) is 81.2 Å². The molecule has 0 saturated carbocycles. The number of carbonyl (C=O) groups is 3. The molecule has 0 radical (unpaired) electrons. The van der Waals surface area contributed by atoms with Crippen molar-refractivity contribution >= 4 is 40.4 Å². The molecule has 1 aromatic heterocycles. The molecule has 0 fully saturated rings. The van der Waals surface area contributed by atoms with Crippen LogP contribution in [0.2, 0.25) is 0 Å². The summed E-state index contributed by atoms with van der Waals surface area (Å²) < 4.78 is 53.5. The van der Waals surface area contributed by atoms with E-state index in [1.807, 2.05) is 19.0 Å². The van der Waals surface area contributed by atoms with E-state index in [2.05, 4.69) is 10.6 Å². The third-order valence-corrected chi connectivity index (χ3v) is 5.93. The lowest BCUT2D eigenvalue weighted by molar-refractivity contribution is -0.182. The van der Waals surface area contributed by atoms with Crippen LogP contribution in [-0.2, 0) is 22.5 Å². The molecule has 0 saturated heterocycles.